The van der Waals surface area contributed by atoms with E-state index in [1.807, 2.05) is 13.0 Å². The highest BCUT2D eigenvalue weighted by atomic mass is 16.1. The van der Waals surface area contributed by atoms with Gasteiger partial charge in [0.15, 0.2) is 0 Å². The lowest BCUT2D eigenvalue weighted by molar-refractivity contribution is -0.121. The smallest absolute Gasteiger partial charge is 0.250 e. The first-order valence-corrected chi connectivity index (χ1v) is 9.80. The molecule has 5 nitrogen and oxygen atoms in total. The summed E-state index contributed by atoms with van der Waals surface area (Å²) in [5.74, 6) is 0.706. The van der Waals surface area contributed by atoms with Crippen molar-refractivity contribution in [2.24, 2.45) is 5.92 Å². The van der Waals surface area contributed by atoms with Gasteiger partial charge in [0.1, 0.15) is 0 Å². The summed E-state index contributed by atoms with van der Waals surface area (Å²) in [5, 5.41) is 2.95. The van der Waals surface area contributed by atoms with E-state index >= 15 is 0 Å². The van der Waals surface area contributed by atoms with Crippen molar-refractivity contribution < 1.29 is 4.79 Å². The summed E-state index contributed by atoms with van der Waals surface area (Å²) in [6.07, 6.45) is 2.87. The van der Waals surface area contributed by atoms with E-state index in [9.17, 15) is 9.59 Å². The van der Waals surface area contributed by atoms with Gasteiger partial charge in [-0.3, -0.25) is 9.59 Å². The van der Waals surface area contributed by atoms with Gasteiger partial charge in [-0.1, -0.05) is 25.1 Å². The normalized spacial score (nSPS) is 17.0. The van der Waals surface area contributed by atoms with Crippen LogP contribution in [-0.2, 0) is 17.9 Å². The van der Waals surface area contributed by atoms with Gasteiger partial charge in [-0.05, 0) is 49.4 Å². The largest absolute Gasteiger partial charge is 0.371 e. The Balaban J connectivity index is 1.48. The number of benzene rings is 1. The van der Waals surface area contributed by atoms with Crippen LogP contribution in [0, 0.1) is 12.8 Å². The first kappa shape index (κ1) is 19.2. The van der Waals surface area contributed by atoms with Crippen LogP contribution in [0.25, 0.3) is 0 Å². The van der Waals surface area contributed by atoms with Crippen molar-refractivity contribution in [3.05, 3.63) is 64.1 Å². The highest BCUT2D eigenvalue weighted by Crippen LogP contribution is 2.23. The van der Waals surface area contributed by atoms with Crippen LogP contribution in [0.3, 0.4) is 0 Å². The van der Waals surface area contributed by atoms with Crippen molar-refractivity contribution in [2.45, 2.75) is 46.2 Å². The molecule has 1 saturated heterocycles. The van der Waals surface area contributed by atoms with Crippen LogP contribution in [0.2, 0.25) is 0 Å². The number of aryl methyl sites for hydroxylation is 1. The average molecular weight is 367 g/mol. The third-order valence-corrected chi connectivity index (χ3v) is 5.28. The molecule has 0 saturated carbocycles. The van der Waals surface area contributed by atoms with Crippen LogP contribution in [0.1, 0.15) is 37.4 Å². The Hall–Kier alpha value is -2.56. The number of nitrogens with one attached hydrogen (secondary N) is 1. The molecular formula is C22H29N3O2. The monoisotopic (exact) mass is 367 g/mol. The predicted octanol–water partition coefficient (Wildman–Crippen LogP) is 3.10. The van der Waals surface area contributed by atoms with E-state index in [0.29, 0.717) is 19.5 Å². The second-order valence-corrected chi connectivity index (χ2v) is 7.54. The molecule has 5 heteroatoms. The maximum absolute atomic E-state index is 12.1. The first-order valence-electron chi connectivity index (χ1n) is 9.80. The summed E-state index contributed by atoms with van der Waals surface area (Å²) in [7, 11) is 0. The maximum atomic E-state index is 12.1. The van der Waals surface area contributed by atoms with E-state index in [1.165, 1.54) is 24.6 Å². The minimum absolute atomic E-state index is 0.0425. The molecule has 1 aromatic carbocycles. The predicted molar refractivity (Wildman–Crippen MR) is 109 cm³/mol. The second kappa shape index (κ2) is 8.89. The van der Waals surface area contributed by atoms with Crippen molar-refractivity contribution >= 4 is 11.6 Å². The van der Waals surface area contributed by atoms with E-state index in [2.05, 4.69) is 41.4 Å². The molecule has 1 aromatic heterocycles. The van der Waals surface area contributed by atoms with Gasteiger partial charge < -0.3 is 14.8 Å². The molecule has 2 aromatic rings. The summed E-state index contributed by atoms with van der Waals surface area (Å²) in [6.45, 7) is 7.35. The third-order valence-electron chi connectivity index (χ3n) is 5.28. The molecule has 1 aliphatic rings. The summed E-state index contributed by atoms with van der Waals surface area (Å²) in [5.41, 5.74) is 3.16. The van der Waals surface area contributed by atoms with Crippen LogP contribution in [-0.4, -0.2) is 23.6 Å². The Morgan fingerprint density at radius 1 is 1.19 bits per heavy atom. The average Bonchev–Trinajstić information content (AvgIpc) is 2.66. The van der Waals surface area contributed by atoms with Crippen molar-refractivity contribution in [2.75, 3.05) is 18.0 Å². The minimum atomic E-state index is -0.0644. The van der Waals surface area contributed by atoms with Gasteiger partial charge in [0.05, 0.1) is 0 Å². The molecule has 1 aliphatic heterocycles. The lowest BCUT2D eigenvalue weighted by Crippen LogP contribution is -2.34. The molecule has 2 heterocycles. The van der Waals surface area contributed by atoms with E-state index in [1.54, 1.807) is 10.6 Å². The van der Waals surface area contributed by atoms with Gasteiger partial charge in [-0.2, -0.15) is 0 Å². The molecule has 1 atom stereocenters. The zero-order chi connectivity index (χ0) is 19.2. The molecule has 0 radical (unpaired) electrons. The summed E-state index contributed by atoms with van der Waals surface area (Å²) >= 11 is 0. The molecular weight excluding hydrogens is 338 g/mol. The van der Waals surface area contributed by atoms with Gasteiger partial charge in [0.25, 0.3) is 5.56 Å². The number of carbonyl (C=O) groups excluding carboxylic acids is 1. The third kappa shape index (κ3) is 5.22. The fourth-order valence-electron chi connectivity index (χ4n) is 3.66. The van der Waals surface area contributed by atoms with E-state index in [0.717, 1.165) is 30.3 Å². The number of piperidine rings is 1. The van der Waals surface area contributed by atoms with Crippen LogP contribution >= 0.6 is 0 Å². The van der Waals surface area contributed by atoms with Gasteiger partial charge in [0.2, 0.25) is 5.91 Å². The maximum Gasteiger partial charge on any atom is 0.250 e. The fraction of sp³-hybridized carbons (Fsp3) is 0.455. The van der Waals surface area contributed by atoms with E-state index < -0.39 is 0 Å². The molecule has 1 fully saturated rings. The topological polar surface area (TPSA) is 54.3 Å². The van der Waals surface area contributed by atoms with Crippen LogP contribution in [0.15, 0.2) is 47.3 Å². The van der Waals surface area contributed by atoms with Gasteiger partial charge >= 0.3 is 0 Å². The minimum Gasteiger partial charge on any atom is -0.371 e. The lowest BCUT2D eigenvalue weighted by atomic mass is 9.99. The standard InChI is InChI=1S/C22H29N3O2/c1-17-5-4-13-24(16-17)20-10-8-19(9-11-20)15-23-21(26)12-14-25-18(2)6-3-7-22(25)27/h3,6-11,17H,4-5,12-16H2,1-2H3,(H,23,26). The van der Waals surface area contributed by atoms with Gasteiger partial charge in [0, 0.05) is 50.0 Å². The van der Waals surface area contributed by atoms with Crippen molar-refractivity contribution in [3.8, 4) is 0 Å². The number of hydrogen-bond donors (Lipinski definition) is 1. The van der Waals surface area contributed by atoms with E-state index in [4.69, 9.17) is 0 Å². The summed E-state index contributed by atoms with van der Waals surface area (Å²) in [6, 6.07) is 13.6. The van der Waals surface area contributed by atoms with Gasteiger partial charge in [-0.25, -0.2) is 0 Å². The summed E-state index contributed by atoms with van der Waals surface area (Å²) < 4.78 is 1.63. The highest BCUT2D eigenvalue weighted by Gasteiger charge is 2.16. The zero-order valence-electron chi connectivity index (χ0n) is 16.3. The van der Waals surface area contributed by atoms with Crippen molar-refractivity contribution in [1.29, 1.82) is 0 Å². The van der Waals surface area contributed by atoms with Crippen LogP contribution in [0.4, 0.5) is 5.69 Å². The van der Waals surface area contributed by atoms with Crippen LogP contribution in [0.5, 0.6) is 0 Å². The fourth-order valence-corrected chi connectivity index (χ4v) is 3.66. The number of anilines is 1. The molecule has 0 spiro atoms. The molecule has 1 unspecified atom stereocenters. The molecule has 0 aliphatic carbocycles. The van der Waals surface area contributed by atoms with Crippen molar-refractivity contribution in [3.63, 3.8) is 0 Å². The number of rotatable bonds is 6. The quantitative estimate of drug-likeness (QED) is 0.854. The Kier molecular flexibility index (Phi) is 6.32. The van der Waals surface area contributed by atoms with Gasteiger partial charge in [-0.15, -0.1) is 0 Å². The molecule has 144 valence electrons. The van der Waals surface area contributed by atoms with E-state index in [-0.39, 0.29) is 11.5 Å². The summed E-state index contributed by atoms with van der Waals surface area (Å²) in [4.78, 5) is 26.4. The molecule has 0 bridgehead atoms. The number of amides is 1. The number of hydrogen-bond acceptors (Lipinski definition) is 3. The molecule has 3 rings (SSSR count). The SMILES string of the molecule is Cc1cccc(=O)n1CCC(=O)NCc1ccc(N2CCCC(C)C2)cc1. The van der Waals surface area contributed by atoms with Crippen molar-refractivity contribution in [1.82, 2.24) is 9.88 Å². The zero-order valence-corrected chi connectivity index (χ0v) is 16.3. The number of carbonyl (C=O) groups is 1. The lowest BCUT2D eigenvalue weighted by Gasteiger charge is -2.32. The number of nitrogens with zero attached hydrogens (tertiary/aromatic N) is 2. The molecule has 1 amide bonds. The molecule has 1 N–H and O–H groups in total. The highest BCUT2D eigenvalue weighted by molar-refractivity contribution is 5.75. The first-order chi connectivity index (χ1) is 13.0. The Bertz CT molecular complexity index is 826. The Morgan fingerprint density at radius 3 is 2.67 bits per heavy atom. The van der Waals surface area contributed by atoms with Crippen LogP contribution < -0.4 is 15.8 Å². The Labute approximate surface area is 161 Å². The second-order valence-electron chi connectivity index (χ2n) is 7.54. The Morgan fingerprint density at radius 2 is 1.96 bits per heavy atom. The number of aromatic nitrogens is 1. The molecule has 27 heavy (non-hydrogen) atoms. The number of pyridine rings is 1.